The van der Waals surface area contributed by atoms with Crippen LogP contribution in [-0.2, 0) is 11.3 Å². The zero-order valence-electron chi connectivity index (χ0n) is 20.3. The van der Waals surface area contributed by atoms with E-state index in [9.17, 15) is 5.11 Å². The average molecular weight is 462 g/mol. The highest BCUT2D eigenvalue weighted by atomic mass is 16.5. The molecule has 0 saturated carbocycles. The number of nitrogens with zero attached hydrogens (tertiary/aromatic N) is 6. The fraction of sp³-hybridized carbons (Fsp3) is 0.440. The minimum absolute atomic E-state index is 0.203. The maximum absolute atomic E-state index is 10.4. The van der Waals surface area contributed by atoms with Crippen LogP contribution < -0.4 is 4.90 Å². The van der Waals surface area contributed by atoms with Crippen LogP contribution in [0.5, 0.6) is 0 Å². The first kappa shape index (κ1) is 22.5. The third-order valence-electron chi connectivity index (χ3n) is 6.25. The van der Waals surface area contributed by atoms with Gasteiger partial charge in [-0.15, -0.1) is 0 Å². The fourth-order valence-electron chi connectivity index (χ4n) is 4.64. The van der Waals surface area contributed by atoms with Crippen molar-refractivity contribution in [2.24, 2.45) is 0 Å². The highest BCUT2D eigenvalue weighted by Gasteiger charge is 2.25. The molecule has 1 saturated heterocycles. The molecule has 1 aliphatic rings. The second kappa shape index (κ2) is 8.48. The largest absolute Gasteiger partial charge is 0.389 e. The molecule has 0 bridgehead atoms. The summed E-state index contributed by atoms with van der Waals surface area (Å²) in [6.07, 6.45) is 3.66. The van der Waals surface area contributed by atoms with E-state index in [0.29, 0.717) is 25.6 Å². The molecule has 0 amide bonds. The topological polar surface area (TPSA) is 105 Å². The van der Waals surface area contributed by atoms with Crippen molar-refractivity contribution >= 4 is 16.9 Å². The van der Waals surface area contributed by atoms with Crippen molar-refractivity contribution in [3.05, 3.63) is 42.0 Å². The van der Waals surface area contributed by atoms with Gasteiger partial charge in [0.2, 0.25) is 0 Å². The van der Waals surface area contributed by atoms with Gasteiger partial charge in [-0.2, -0.15) is 5.10 Å². The number of rotatable bonds is 5. The molecule has 1 fully saturated rings. The van der Waals surface area contributed by atoms with Gasteiger partial charge in [0.25, 0.3) is 0 Å². The van der Waals surface area contributed by atoms with Gasteiger partial charge in [-0.3, -0.25) is 4.68 Å². The molecule has 5 rings (SSSR count). The lowest BCUT2D eigenvalue weighted by Gasteiger charge is -2.34. The van der Waals surface area contributed by atoms with E-state index in [0.717, 1.165) is 51.6 Å². The number of nitrogens with one attached hydrogen (secondary N) is 1. The number of aryl methyl sites for hydroxylation is 1. The lowest BCUT2D eigenvalue weighted by molar-refractivity contribution is 0.0570. The summed E-state index contributed by atoms with van der Waals surface area (Å²) in [5, 5.41) is 16.1. The summed E-state index contributed by atoms with van der Waals surface area (Å²) in [4.78, 5) is 19.9. The third-order valence-corrected chi connectivity index (χ3v) is 6.25. The molecule has 2 N–H and O–H groups in total. The van der Waals surface area contributed by atoms with Crippen molar-refractivity contribution in [2.75, 3.05) is 24.7 Å². The molecule has 9 heteroatoms. The summed E-state index contributed by atoms with van der Waals surface area (Å²) < 4.78 is 7.53. The first-order chi connectivity index (χ1) is 16.2. The smallest absolute Gasteiger partial charge is 0.162 e. The van der Waals surface area contributed by atoms with Gasteiger partial charge >= 0.3 is 0 Å². The van der Waals surface area contributed by atoms with Gasteiger partial charge in [0, 0.05) is 47.2 Å². The number of hydrogen-bond donors (Lipinski definition) is 2. The Labute approximate surface area is 198 Å². The van der Waals surface area contributed by atoms with Gasteiger partial charge in [0.05, 0.1) is 42.8 Å². The van der Waals surface area contributed by atoms with Crippen LogP contribution in [0.2, 0.25) is 0 Å². The number of aromatic nitrogens is 6. The Hall–Kier alpha value is -3.30. The minimum atomic E-state index is -0.872. The maximum atomic E-state index is 10.4. The van der Waals surface area contributed by atoms with E-state index in [1.54, 1.807) is 20.0 Å². The number of ether oxygens (including phenoxy) is 1. The Morgan fingerprint density at radius 2 is 2.06 bits per heavy atom. The second-order valence-corrected chi connectivity index (χ2v) is 9.67. The summed E-state index contributed by atoms with van der Waals surface area (Å²) in [5.41, 5.74) is 4.47. The molecule has 0 unspecified atom stereocenters. The second-order valence-electron chi connectivity index (χ2n) is 9.67. The van der Waals surface area contributed by atoms with Crippen LogP contribution in [0.25, 0.3) is 33.7 Å². The normalized spacial score (nSPS) is 17.0. The molecule has 0 aromatic carbocycles. The number of hydrogen-bond acceptors (Lipinski definition) is 7. The molecule has 34 heavy (non-hydrogen) atoms. The molecule has 1 atom stereocenters. The van der Waals surface area contributed by atoms with Crippen molar-refractivity contribution in [3.63, 3.8) is 0 Å². The summed E-state index contributed by atoms with van der Waals surface area (Å²) in [7, 11) is 0. The number of morpholine rings is 1. The van der Waals surface area contributed by atoms with Crippen LogP contribution in [0.15, 0.2) is 30.6 Å². The van der Waals surface area contributed by atoms with Gasteiger partial charge in [0.1, 0.15) is 11.5 Å². The molecule has 9 nitrogen and oxygen atoms in total. The Balaban J connectivity index is 1.70. The van der Waals surface area contributed by atoms with E-state index in [4.69, 9.17) is 19.8 Å². The van der Waals surface area contributed by atoms with E-state index in [2.05, 4.69) is 21.8 Å². The van der Waals surface area contributed by atoms with Crippen molar-refractivity contribution < 1.29 is 9.84 Å². The minimum Gasteiger partial charge on any atom is -0.389 e. The van der Waals surface area contributed by atoms with Crippen molar-refractivity contribution in [1.29, 1.82) is 0 Å². The number of pyridine rings is 1. The molecular formula is C25H31N7O2. The van der Waals surface area contributed by atoms with Crippen LogP contribution in [0.1, 0.15) is 32.2 Å². The zero-order chi connectivity index (χ0) is 24.0. The van der Waals surface area contributed by atoms with E-state index in [1.807, 2.05) is 42.9 Å². The number of fused-ring (bicyclic) bond motifs is 1. The van der Waals surface area contributed by atoms with Crippen molar-refractivity contribution in [1.82, 2.24) is 29.7 Å². The maximum Gasteiger partial charge on any atom is 0.162 e. The molecular weight excluding hydrogens is 430 g/mol. The van der Waals surface area contributed by atoms with Crippen molar-refractivity contribution in [3.8, 4) is 22.6 Å². The summed E-state index contributed by atoms with van der Waals surface area (Å²) in [6, 6.07) is 6.21. The number of H-pyrrole nitrogens is 1. The van der Waals surface area contributed by atoms with Crippen LogP contribution in [0.3, 0.4) is 0 Å². The van der Waals surface area contributed by atoms with Gasteiger partial charge < -0.3 is 19.7 Å². The monoisotopic (exact) mass is 461 g/mol. The highest BCUT2D eigenvalue weighted by molar-refractivity contribution is 5.91. The third kappa shape index (κ3) is 4.17. The van der Waals surface area contributed by atoms with E-state index >= 15 is 0 Å². The molecule has 4 aromatic rings. The average Bonchev–Trinajstić information content (AvgIpc) is 3.36. The predicted octanol–water partition coefficient (Wildman–Crippen LogP) is 3.50. The summed E-state index contributed by atoms with van der Waals surface area (Å²) in [6.45, 7) is 12.2. The number of aliphatic hydroxyl groups is 1. The Morgan fingerprint density at radius 1 is 1.24 bits per heavy atom. The first-order valence-corrected chi connectivity index (χ1v) is 11.6. The van der Waals surface area contributed by atoms with Gasteiger partial charge in [-0.25, -0.2) is 15.0 Å². The number of aromatic amines is 1. The quantitative estimate of drug-likeness (QED) is 0.469. The Kier molecular flexibility index (Phi) is 5.61. The van der Waals surface area contributed by atoms with Crippen LogP contribution >= 0.6 is 0 Å². The molecule has 5 heterocycles. The van der Waals surface area contributed by atoms with E-state index < -0.39 is 5.60 Å². The molecule has 4 aromatic heterocycles. The summed E-state index contributed by atoms with van der Waals surface area (Å²) >= 11 is 0. The lowest BCUT2D eigenvalue weighted by Crippen LogP contribution is -2.44. The fourth-order valence-corrected chi connectivity index (χ4v) is 4.64. The first-order valence-electron chi connectivity index (χ1n) is 11.6. The zero-order valence-corrected chi connectivity index (χ0v) is 20.3. The van der Waals surface area contributed by atoms with E-state index in [1.165, 1.54) is 0 Å². The summed E-state index contributed by atoms with van der Waals surface area (Å²) in [5.74, 6) is 1.51. The predicted molar refractivity (Wildman–Crippen MR) is 132 cm³/mol. The SMILES string of the molecule is Cc1nn(CC(C)(C)O)c(C)c1-c1cc(N2CCOC[C@H]2C)nc(-c2ccnc3[nH]ccc23)n1. The standard InChI is InChI=1S/C25H31N7O2/c1-15-13-34-11-10-31(15)21-12-20(22-16(2)30-32(17(22)3)14-25(4,5)33)28-24(29-21)19-7-9-27-23-18(19)6-8-26-23/h6-9,12,15,33H,10-11,13-14H2,1-5H3,(H,26,27)/t15-/m1/s1. The van der Waals surface area contributed by atoms with E-state index in [-0.39, 0.29) is 6.04 Å². The van der Waals surface area contributed by atoms with Crippen LogP contribution in [0.4, 0.5) is 5.82 Å². The van der Waals surface area contributed by atoms with Gasteiger partial charge in [0.15, 0.2) is 5.82 Å². The van der Waals surface area contributed by atoms with Crippen LogP contribution in [-0.4, -0.2) is 66.2 Å². The Morgan fingerprint density at radius 3 is 2.82 bits per heavy atom. The molecule has 0 radical (unpaired) electrons. The molecule has 0 aliphatic carbocycles. The van der Waals surface area contributed by atoms with Gasteiger partial charge in [-0.05, 0) is 46.8 Å². The molecule has 178 valence electrons. The van der Waals surface area contributed by atoms with Gasteiger partial charge in [-0.1, -0.05) is 0 Å². The highest BCUT2D eigenvalue weighted by Crippen LogP contribution is 2.33. The Bertz CT molecular complexity index is 1340. The molecule has 0 spiro atoms. The lowest BCUT2D eigenvalue weighted by atomic mass is 10.1. The van der Waals surface area contributed by atoms with Crippen molar-refractivity contribution in [2.45, 2.75) is 52.8 Å². The van der Waals surface area contributed by atoms with Crippen LogP contribution in [0, 0.1) is 13.8 Å². The molecule has 1 aliphatic heterocycles. The number of anilines is 1.